The molecule has 0 unspecified atom stereocenters. The Bertz CT molecular complexity index is 572. The molecule has 0 radical (unpaired) electrons. The lowest BCUT2D eigenvalue weighted by atomic mass is 10.2. The molecule has 0 amide bonds. The zero-order valence-corrected chi connectivity index (χ0v) is 13.8. The highest BCUT2D eigenvalue weighted by Gasteiger charge is 2.31. The molecule has 0 atom stereocenters. The SMILES string of the molecule is Cc1nn(CCCN)c(C)c1S(=O)(=O)N1CCCCCC1. The van der Waals surface area contributed by atoms with Gasteiger partial charge in [-0.3, -0.25) is 4.68 Å². The minimum absolute atomic E-state index is 0.390. The van der Waals surface area contributed by atoms with Crippen molar-refractivity contribution in [1.82, 2.24) is 14.1 Å². The number of hydrogen-bond donors (Lipinski definition) is 1. The molecule has 1 aliphatic heterocycles. The van der Waals surface area contributed by atoms with Crippen LogP contribution in [-0.4, -0.2) is 42.1 Å². The van der Waals surface area contributed by atoms with Crippen molar-refractivity contribution < 1.29 is 8.42 Å². The second-order valence-electron chi connectivity index (χ2n) is 5.68. The van der Waals surface area contributed by atoms with Crippen LogP contribution in [0.3, 0.4) is 0 Å². The van der Waals surface area contributed by atoms with Crippen molar-refractivity contribution in [2.75, 3.05) is 19.6 Å². The largest absolute Gasteiger partial charge is 0.330 e. The van der Waals surface area contributed by atoms with E-state index in [1.165, 1.54) is 0 Å². The zero-order valence-electron chi connectivity index (χ0n) is 13.0. The van der Waals surface area contributed by atoms with E-state index in [2.05, 4.69) is 5.10 Å². The molecule has 0 aromatic carbocycles. The molecule has 2 N–H and O–H groups in total. The van der Waals surface area contributed by atoms with Crippen molar-refractivity contribution >= 4 is 10.0 Å². The molecule has 7 heteroatoms. The lowest BCUT2D eigenvalue weighted by Crippen LogP contribution is -2.32. The van der Waals surface area contributed by atoms with Gasteiger partial charge in [-0.05, 0) is 39.7 Å². The first kappa shape index (κ1) is 16.5. The number of nitrogens with two attached hydrogens (primary N) is 1. The predicted octanol–water partition coefficient (Wildman–Crippen LogP) is 1.41. The van der Waals surface area contributed by atoms with Crippen LogP contribution in [0.4, 0.5) is 0 Å². The zero-order chi connectivity index (χ0) is 15.5. The monoisotopic (exact) mass is 314 g/mol. The molecule has 1 saturated heterocycles. The van der Waals surface area contributed by atoms with Crippen molar-refractivity contribution in [3.05, 3.63) is 11.4 Å². The Labute approximate surface area is 127 Å². The lowest BCUT2D eigenvalue weighted by Gasteiger charge is -2.20. The maximum absolute atomic E-state index is 12.9. The van der Waals surface area contributed by atoms with Crippen molar-refractivity contribution in [3.63, 3.8) is 0 Å². The van der Waals surface area contributed by atoms with Crippen molar-refractivity contribution in [1.29, 1.82) is 0 Å². The van der Waals surface area contributed by atoms with Gasteiger partial charge in [0.1, 0.15) is 4.90 Å². The molecule has 6 nitrogen and oxygen atoms in total. The van der Waals surface area contributed by atoms with Crippen molar-refractivity contribution in [2.24, 2.45) is 5.73 Å². The Kier molecular flexibility index (Phi) is 5.40. The van der Waals surface area contributed by atoms with Crippen LogP contribution >= 0.6 is 0 Å². The van der Waals surface area contributed by atoms with Gasteiger partial charge in [0.15, 0.2) is 0 Å². The summed E-state index contributed by atoms with van der Waals surface area (Å²) in [5, 5.41) is 4.39. The third-order valence-corrected chi connectivity index (χ3v) is 6.20. The molecular formula is C14H26N4O2S. The van der Waals surface area contributed by atoms with Crippen LogP contribution in [-0.2, 0) is 16.6 Å². The van der Waals surface area contributed by atoms with E-state index in [4.69, 9.17) is 5.73 Å². The van der Waals surface area contributed by atoms with Crippen molar-refractivity contribution in [3.8, 4) is 0 Å². The van der Waals surface area contributed by atoms with Gasteiger partial charge in [0.25, 0.3) is 0 Å². The van der Waals surface area contributed by atoms with E-state index < -0.39 is 10.0 Å². The van der Waals surface area contributed by atoms with Crippen LogP contribution in [0.25, 0.3) is 0 Å². The molecule has 1 aromatic rings. The Morgan fingerprint density at radius 3 is 2.33 bits per heavy atom. The summed E-state index contributed by atoms with van der Waals surface area (Å²) in [4.78, 5) is 0.390. The molecule has 0 spiro atoms. The highest BCUT2D eigenvalue weighted by atomic mass is 32.2. The summed E-state index contributed by atoms with van der Waals surface area (Å²) in [5.74, 6) is 0. The number of nitrogens with zero attached hydrogens (tertiary/aromatic N) is 3. The van der Waals surface area contributed by atoms with Gasteiger partial charge >= 0.3 is 0 Å². The number of aryl methyl sites for hydroxylation is 2. The standard InChI is InChI=1S/C14H26N4O2S/c1-12-14(13(2)18(16-12)11-7-8-15)21(19,20)17-9-5-3-4-6-10-17/h3-11,15H2,1-2H3. The smallest absolute Gasteiger partial charge is 0.246 e. The molecular weight excluding hydrogens is 288 g/mol. The van der Waals surface area contributed by atoms with Gasteiger partial charge < -0.3 is 5.73 Å². The molecule has 0 aliphatic carbocycles. The van der Waals surface area contributed by atoms with Gasteiger partial charge in [0.05, 0.1) is 11.4 Å². The molecule has 2 rings (SSSR count). The van der Waals surface area contributed by atoms with Crippen LogP contribution in [0, 0.1) is 13.8 Å². The van der Waals surface area contributed by atoms with Gasteiger partial charge in [-0.1, -0.05) is 12.8 Å². The minimum atomic E-state index is -3.43. The van der Waals surface area contributed by atoms with E-state index in [1.807, 2.05) is 6.92 Å². The summed E-state index contributed by atoms with van der Waals surface area (Å²) >= 11 is 0. The third kappa shape index (κ3) is 3.46. The minimum Gasteiger partial charge on any atom is -0.330 e. The average molecular weight is 314 g/mol. The molecule has 1 fully saturated rings. The number of aromatic nitrogens is 2. The number of hydrogen-bond acceptors (Lipinski definition) is 4. The summed E-state index contributed by atoms with van der Waals surface area (Å²) in [7, 11) is -3.43. The Balaban J connectivity index is 2.32. The predicted molar refractivity (Wildman–Crippen MR) is 82.6 cm³/mol. The summed E-state index contributed by atoms with van der Waals surface area (Å²) < 4.78 is 29.2. The summed E-state index contributed by atoms with van der Waals surface area (Å²) in [6.45, 7) is 6.09. The van der Waals surface area contributed by atoms with Gasteiger partial charge in [-0.2, -0.15) is 9.40 Å². The molecule has 21 heavy (non-hydrogen) atoms. The van der Waals surface area contributed by atoms with Gasteiger partial charge in [0.2, 0.25) is 10.0 Å². The summed E-state index contributed by atoms with van der Waals surface area (Å²) in [5.41, 5.74) is 6.84. The van der Waals surface area contributed by atoms with E-state index in [0.29, 0.717) is 36.8 Å². The molecule has 1 aromatic heterocycles. The van der Waals surface area contributed by atoms with E-state index in [-0.39, 0.29) is 0 Å². The maximum atomic E-state index is 12.9. The quantitative estimate of drug-likeness (QED) is 0.891. The molecule has 120 valence electrons. The number of sulfonamides is 1. The summed E-state index contributed by atoms with van der Waals surface area (Å²) in [6, 6.07) is 0. The number of rotatable bonds is 5. The molecule has 2 heterocycles. The Hall–Kier alpha value is -0.920. The van der Waals surface area contributed by atoms with Crippen LogP contribution in [0.1, 0.15) is 43.5 Å². The van der Waals surface area contributed by atoms with Crippen LogP contribution < -0.4 is 5.73 Å². The first-order valence-electron chi connectivity index (χ1n) is 7.72. The van der Waals surface area contributed by atoms with E-state index in [0.717, 1.165) is 37.8 Å². The third-order valence-electron chi connectivity index (χ3n) is 4.05. The fourth-order valence-electron chi connectivity index (χ4n) is 2.92. The van der Waals surface area contributed by atoms with E-state index in [1.54, 1.807) is 15.9 Å². The molecule has 1 aliphatic rings. The van der Waals surface area contributed by atoms with Crippen LogP contribution in [0.2, 0.25) is 0 Å². The normalized spacial score (nSPS) is 17.9. The van der Waals surface area contributed by atoms with E-state index in [9.17, 15) is 8.42 Å². The lowest BCUT2D eigenvalue weighted by molar-refractivity contribution is 0.423. The van der Waals surface area contributed by atoms with Gasteiger partial charge in [-0.25, -0.2) is 8.42 Å². The van der Waals surface area contributed by atoms with Crippen LogP contribution in [0.15, 0.2) is 4.90 Å². The fraction of sp³-hybridized carbons (Fsp3) is 0.786. The van der Waals surface area contributed by atoms with Gasteiger partial charge in [0, 0.05) is 19.6 Å². The second-order valence-corrected chi connectivity index (χ2v) is 7.56. The molecule has 0 bridgehead atoms. The fourth-order valence-corrected chi connectivity index (χ4v) is 4.81. The van der Waals surface area contributed by atoms with E-state index >= 15 is 0 Å². The highest BCUT2D eigenvalue weighted by molar-refractivity contribution is 7.89. The highest BCUT2D eigenvalue weighted by Crippen LogP contribution is 2.25. The average Bonchev–Trinajstić information content (AvgIpc) is 2.63. The maximum Gasteiger partial charge on any atom is 0.246 e. The van der Waals surface area contributed by atoms with Crippen molar-refractivity contribution in [2.45, 2.75) is 57.4 Å². The van der Waals surface area contributed by atoms with Crippen LogP contribution in [0.5, 0.6) is 0 Å². The second kappa shape index (κ2) is 6.89. The first-order chi connectivity index (χ1) is 9.98. The Morgan fingerprint density at radius 2 is 1.76 bits per heavy atom. The first-order valence-corrected chi connectivity index (χ1v) is 9.16. The Morgan fingerprint density at radius 1 is 1.14 bits per heavy atom. The van der Waals surface area contributed by atoms with Gasteiger partial charge in [-0.15, -0.1) is 0 Å². The topological polar surface area (TPSA) is 81.2 Å². The molecule has 0 saturated carbocycles. The summed E-state index contributed by atoms with van der Waals surface area (Å²) in [6.07, 6.45) is 4.90.